The second-order valence-corrected chi connectivity index (χ2v) is 6.99. The van der Waals surface area contributed by atoms with E-state index in [0.717, 1.165) is 26.0 Å². The van der Waals surface area contributed by atoms with Gasteiger partial charge in [0, 0.05) is 7.11 Å². The summed E-state index contributed by atoms with van der Waals surface area (Å²) in [4.78, 5) is 4.92. The average Bonchev–Trinajstić information content (AvgIpc) is 3.05. The minimum Gasteiger partial charge on any atom is -0.390 e. The Morgan fingerprint density at radius 1 is 1.38 bits per heavy atom. The second kappa shape index (κ2) is 6.50. The highest BCUT2D eigenvalue weighted by molar-refractivity contribution is 5.11. The van der Waals surface area contributed by atoms with Gasteiger partial charge in [-0.1, -0.05) is 0 Å². The van der Waals surface area contributed by atoms with Crippen LogP contribution in [0.3, 0.4) is 0 Å². The first kappa shape index (κ1) is 15.7. The maximum absolute atomic E-state index is 10.2. The molecule has 21 heavy (non-hydrogen) atoms. The molecule has 0 aromatic carbocycles. The zero-order valence-electron chi connectivity index (χ0n) is 13.5. The van der Waals surface area contributed by atoms with E-state index < -0.39 is 0 Å². The maximum atomic E-state index is 10.2. The van der Waals surface area contributed by atoms with Crippen molar-refractivity contribution in [1.82, 2.24) is 9.80 Å². The third-order valence-corrected chi connectivity index (χ3v) is 5.54. The van der Waals surface area contributed by atoms with Crippen LogP contribution in [0.25, 0.3) is 0 Å². The van der Waals surface area contributed by atoms with Crippen molar-refractivity contribution in [3.63, 3.8) is 0 Å². The third kappa shape index (κ3) is 3.27. The van der Waals surface area contributed by atoms with E-state index in [0.29, 0.717) is 0 Å². The molecule has 4 atom stereocenters. The van der Waals surface area contributed by atoms with Crippen molar-refractivity contribution in [1.29, 1.82) is 0 Å². The number of likely N-dealkylation sites (N-methyl/N-ethyl adjacent to an activating group) is 1. The topological polar surface area (TPSA) is 48.5 Å². The smallest absolute Gasteiger partial charge is 0.110 e. The van der Waals surface area contributed by atoms with Gasteiger partial charge in [0.1, 0.15) is 11.7 Å². The Kier molecular flexibility index (Phi) is 4.86. The summed E-state index contributed by atoms with van der Waals surface area (Å²) in [6.45, 7) is 5.57. The lowest BCUT2D eigenvalue weighted by atomic mass is 9.80. The lowest BCUT2D eigenvalue weighted by molar-refractivity contribution is -0.107. The van der Waals surface area contributed by atoms with Crippen LogP contribution in [0.2, 0.25) is 0 Å². The highest BCUT2D eigenvalue weighted by Crippen LogP contribution is 2.45. The summed E-state index contributed by atoms with van der Waals surface area (Å²) in [5.74, 6) is 0. The fourth-order valence-electron chi connectivity index (χ4n) is 4.25. The molecule has 0 unspecified atom stereocenters. The van der Waals surface area contributed by atoms with Gasteiger partial charge in [-0.3, -0.25) is 4.90 Å². The van der Waals surface area contributed by atoms with Crippen LogP contribution in [0.1, 0.15) is 32.1 Å². The van der Waals surface area contributed by atoms with E-state index in [1.54, 1.807) is 7.11 Å². The van der Waals surface area contributed by atoms with Crippen molar-refractivity contribution in [2.75, 3.05) is 46.9 Å². The summed E-state index contributed by atoms with van der Waals surface area (Å²) in [6, 6.07) is 0.185. The zero-order chi connectivity index (χ0) is 14.9. The van der Waals surface area contributed by atoms with E-state index in [9.17, 15) is 5.11 Å². The van der Waals surface area contributed by atoms with Crippen LogP contribution in [0.5, 0.6) is 0 Å². The lowest BCUT2D eigenvalue weighted by Crippen LogP contribution is -2.59. The molecule has 1 saturated carbocycles. The molecule has 5 heteroatoms. The van der Waals surface area contributed by atoms with Crippen LogP contribution in [-0.2, 0) is 9.47 Å². The minimum absolute atomic E-state index is 0.0533. The number of ether oxygens (including phenoxy) is 2. The Morgan fingerprint density at radius 2 is 2.10 bits per heavy atom. The Bertz CT molecular complexity index is 342. The Hall–Kier alpha value is -0.200. The van der Waals surface area contributed by atoms with E-state index in [4.69, 9.17) is 9.47 Å². The zero-order valence-corrected chi connectivity index (χ0v) is 13.5. The second-order valence-electron chi connectivity index (χ2n) is 6.99. The monoisotopic (exact) mass is 298 g/mol. The molecule has 2 heterocycles. The lowest BCUT2D eigenvalue weighted by Gasteiger charge is -2.43. The first-order valence-corrected chi connectivity index (χ1v) is 8.44. The Labute approximate surface area is 128 Å². The summed E-state index contributed by atoms with van der Waals surface area (Å²) >= 11 is 0. The molecule has 122 valence electrons. The fourth-order valence-corrected chi connectivity index (χ4v) is 4.25. The SMILES string of the molecule is CO[C@@H]1[C@H](O)CC[C@]2(CO2)[C@H]1N(C)CCCN1CCCC1. The Morgan fingerprint density at radius 3 is 2.71 bits per heavy atom. The van der Waals surface area contributed by atoms with Crippen LogP contribution in [0, 0.1) is 0 Å². The number of aliphatic hydroxyl groups excluding tert-OH is 1. The van der Waals surface area contributed by atoms with E-state index in [2.05, 4.69) is 16.8 Å². The van der Waals surface area contributed by atoms with Gasteiger partial charge in [0.05, 0.1) is 18.8 Å². The number of nitrogens with zero attached hydrogens (tertiary/aromatic N) is 2. The van der Waals surface area contributed by atoms with Crippen molar-refractivity contribution in [3.8, 4) is 0 Å². The van der Waals surface area contributed by atoms with Gasteiger partial charge in [-0.15, -0.1) is 0 Å². The molecule has 1 N–H and O–H groups in total. The summed E-state index contributed by atoms with van der Waals surface area (Å²) in [5.41, 5.74) is -0.0533. The average molecular weight is 298 g/mol. The van der Waals surface area contributed by atoms with Crippen LogP contribution in [0.4, 0.5) is 0 Å². The van der Waals surface area contributed by atoms with Gasteiger partial charge in [0.2, 0.25) is 0 Å². The molecular formula is C16H30N2O3. The molecule has 0 bridgehead atoms. The maximum Gasteiger partial charge on any atom is 0.110 e. The summed E-state index contributed by atoms with van der Waals surface area (Å²) < 4.78 is 11.4. The Balaban J connectivity index is 1.54. The van der Waals surface area contributed by atoms with Crippen LogP contribution >= 0.6 is 0 Å². The number of rotatable bonds is 6. The molecule has 5 nitrogen and oxygen atoms in total. The number of hydrogen-bond donors (Lipinski definition) is 1. The van der Waals surface area contributed by atoms with Crippen molar-refractivity contribution >= 4 is 0 Å². The van der Waals surface area contributed by atoms with E-state index >= 15 is 0 Å². The first-order chi connectivity index (χ1) is 10.2. The third-order valence-electron chi connectivity index (χ3n) is 5.54. The van der Waals surface area contributed by atoms with Gasteiger partial charge >= 0.3 is 0 Å². The molecule has 3 fully saturated rings. The van der Waals surface area contributed by atoms with Gasteiger partial charge in [-0.2, -0.15) is 0 Å². The molecule has 0 aromatic heterocycles. The molecule has 0 aromatic rings. The summed E-state index contributed by atoms with van der Waals surface area (Å²) in [5, 5.41) is 10.2. The molecule has 2 saturated heterocycles. The quantitative estimate of drug-likeness (QED) is 0.732. The molecule has 0 radical (unpaired) electrons. The number of aliphatic hydroxyl groups is 1. The number of methoxy groups -OCH3 is 1. The number of epoxide rings is 1. The van der Waals surface area contributed by atoms with Gasteiger partial charge in [-0.25, -0.2) is 0 Å². The first-order valence-electron chi connectivity index (χ1n) is 8.44. The molecule has 3 aliphatic rings. The van der Waals surface area contributed by atoms with Crippen LogP contribution in [0.15, 0.2) is 0 Å². The molecule has 2 aliphatic heterocycles. The largest absolute Gasteiger partial charge is 0.390 e. The van der Waals surface area contributed by atoms with E-state index in [1.807, 2.05) is 0 Å². The van der Waals surface area contributed by atoms with Crippen molar-refractivity contribution in [3.05, 3.63) is 0 Å². The number of hydrogen-bond acceptors (Lipinski definition) is 5. The highest BCUT2D eigenvalue weighted by atomic mass is 16.6. The molecule has 1 aliphatic carbocycles. The number of likely N-dealkylation sites (tertiary alicyclic amines) is 1. The predicted octanol–water partition coefficient (Wildman–Crippen LogP) is 0.711. The van der Waals surface area contributed by atoms with E-state index in [-0.39, 0.29) is 23.9 Å². The van der Waals surface area contributed by atoms with Gasteiger partial charge in [0.15, 0.2) is 0 Å². The molecule has 1 spiro atoms. The predicted molar refractivity (Wildman–Crippen MR) is 81.4 cm³/mol. The summed E-state index contributed by atoms with van der Waals surface area (Å²) in [7, 11) is 3.86. The molecule has 0 amide bonds. The van der Waals surface area contributed by atoms with Crippen molar-refractivity contribution in [2.45, 2.75) is 56.0 Å². The molecular weight excluding hydrogens is 268 g/mol. The standard InChI is InChI=1S/C16H30N2O3/c1-17(8-5-11-18-9-3-4-10-18)15-14(20-2)13(19)6-7-16(15)12-21-16/h13-15,19H,3-12H2,1-2H3/t13-,14-,15+,16+/m1/s1. The van der Waals surface area contributed by atoms with Crippen LogP contribution < -0.4 is 0 Å². The van der Waals surface area contributed by atoms with Crippen LogP contribution in [-0.4, -0.2) is 85.7 Å². The van der Waals surface area contributed by atoms with E-state index in [1.165, 1.54) is 38.9 Å². The van der Waals surface area contributed by atoms with Gasteiger partial charge in [-0.05, 0) is 65.3 Å². The van der Waals surface area contributed by atoms with Crippen molar-refractivity contribution < 1.29 is 14.6 Å². The molecule has 3 rings (SSSR count). The minimum atomic E-state index is -0.365. The van der Waals surface area contributed by atoms with Crippen molar-refractivity contribution in [2.24, 2.45) is 0 Å². The normalized spacial score (nSPS) is 40.3. The van der Waals surface area contributed by atoms with Gasteiger partial charge < -0.3 is 19.5 Å². The summed E-state index contributed by atoms with van der Waals surface area (Å²) in [6.07, 6.45) is 5.14. The fraction of sp³-hybridized carbons (Fsp3) is 1.00. The van der Waals surface area contributed by atoms with Gasteiger partial charge in [0.25, 0.3) is 0 Å². The highest BCUT2D eigenvalue weighted by Gasteiger charge is 2.59.